The summed E-state index contributed by atoms with van der Waals surface area (Å²) >= 11 is 3.39. The third kappa shape index (κ3) is 5.51. The number of anilines is 1. The monoisotopic (exact) mass is 343 g/mol. The first kappa shape index (κ1) is 17.0. The maximum atomic E-state index is 12.1. The number of methoxy groups -OCH3 is 1. The molecule has 1 N–H and O–H groups in total. The molecule has 0 radical (unpaired) electrons. The summed E-state index contributed by atoms with van der Waals surface area (Å²) in [5.41, 5.74) is 0.470. The number of halogens is 1. The van der Waals surface area contributed by atoms with Crippen molar-refractivity contribution in [3.8, 4) is 0 Å². The lowest BCUT2D eigenvalue weighted by atomic mass is 9.98. The molecule has 4 nitrogen and oxygen atoms in total. The van der Waals surface area contributed by atoms with E-state index in [0.29, 0.717) is 13.0 Å². The first-order valence-electron chi connectivity index (χ1n) is 6.62. The van der Waals surface area contributed by atoms with E-state index in [-0.39, 0.29) is 5.97 Å². The minimum absolute atomic E-state index is 0.263. The molecular formula is C15H22BrNO3. The number of carbonyl (C=O) groups excluding carboxylic acids is 1. The summed E-state index contributed by atoms with van der Waals surface area (Å²) in [6.45, 7) is 6.06. The summed E-state index contributed by atoms with van der Waals surface area (Å²) in [5, 5.41) is 3.21. The van der Waals surface area contributed by atoms with Crippen molar-refractivity contribution in [2.45, 2.75) is 38.8 Å². The molecule has 1 aromatic rings. The van der Waals surface area contributed by atoms with Crippen molar-refractivity contribution in [1.82, 2.24) is 0 Å². The van der Waals surface area contributed by atoms with E-state index in [1.807, 2.05) is 38.1 Å². The maximum Gasteiger partial charge on any atom is 0.328 e. The number of hydrogen-bond donors (Lipinski definition) is 1. The van der Waals surface area contributed by atoms with Crippen LogP contribution in [0.3, 0.4) is 0 Å². The Morgan fingerprint density at radius 1 is 1.35 bits per heavy atom. The van der Waals surface area contributed by atoms with Crippen LogP contribution in [0.2, 0.25) is 0 Å². The van der Waals surface area contributed by atoms with Crippen LogP contribution in [0.1, 0.15) is 27.2 Å². The van der Waals surface area contributed by atoms with Crippen molar-refractivity contribution in [2.24, 2.45) is 0 Å². The third-order valence-electron chi connectivity index (χ3n) is 3.00. The second-order valence-electron chi connectivity index (χ2n) is 5.12. The summed E-state index contributed by atoms with van der Waals surface area (Å²) < 4.78 is 11.5. The highest BCUT2D eigenvalue weighted by Gasteiger charge is 2.28. The van der Waals surface area contributed by atoms with Gasteiger partial charge in [0.15, 0.2) is 0 Å². The van der Waals surface area contributed by atoms with E-state index < -0.39 is 11.6 Å². The number of carbonyl (C=O) groups is 1. The van der Waals surface area contributed by atoms with Crippen molar-refractivity contribution in [3.05, 3.63) is 28.7 Å². The molecule has 0 saturated carbocycles. The average Bonchev–Trinajstić information content (AvgIpc) is 2.40. The van der Waals surface area contributed by atoms with Gasteiger partial charge in [0.25, 0.3) is 0 Å². The van der Waals surface area contributed by atoms with Crippen molar-refractivity contribution in [2.75, 3.05) is 19.0 Å². The molecule has 0 aliphatic carbocycles. The van der Waals surface area contributed by atoms with Gasteiger partial charge in [-0.1, -0.05) is 15.9 Å². The number of hydrogen-bond acceptors (Lipinski definition) is 4. The van der Waals surface area contributed by atoms with E-state index in [2.05, 4.69) is 21.2 Å². The number of ether oxygens (including phenoxy) is 2. The lowest BCUT2D eigenvalue weighted by Crippen LogP contribution is -2.39. The van der Waals surface area contributed by atoms with E-state index in [1.165, 1.54) is 0 Å². The van der Waals surface area contributed by atoms with Crippen LogP contribution >= 0.6 is 15.9 Å². The minimum atomic E-state index is -0.439. The standard InChI is InChI=1S/C15H22BrNO3/c1-5-20-14(18)13(10-15(2,3)19-4)17-12-8-6-11(16)7-9-12/h6-9,13,17H,5,10H2,1-4H3. The molecule has 0 aromatic heterocycles. The zero-order valence-electron chi connectivity index (χ0n) is 12.4. The molecular weight excluding hydrogens is 322 g/mol. The average molecular weight is 344 g/mol. The van der Waals surface area contributed by atoms with Crippen LogP contribution in [0, 0.1) is 0 Å². The Bertz CT molecular complexity index is 431. The van der Waals surface area contributed by atoms with Crippen LogP contribution < -0.4 is 5.32 Å². The molecule has 0 fully saturated rings. The van der Waals surface area contributed by atoms with Crippen molar-refractivity contribution in [1.29, 1.82) is 0 Å². The molecule has 20 heavy (non-hydrogen) atoms. The summed E-state index contributed by atoms with van der Waals surface area (Å²) in [5.74, 6) is -0.263. The van der Waals surface area contributed by atoms with Crippen LogP contribution in [-0.4, -0.2) is 31.3 Å². The molecule has 5 heteroatoms. The lowest BCUT2D eigenvalue weighted by Gasteiger charge is -2.28. The van der Waals surface area contributed by atoms with Gasteiger partial charge in [-0.25, -0.2) is 4.79 Å². The predicted molar refractivity (Wildman–Crippen MR) is 83.9 cm³/mol. The Balaban J connectivity index is 2.81. The zero-order chi connectivity index (χ0) is 15.2. The van der Waals surface area contributed by atoms with E-state index in [1.54, 1.807) is 14.0 Å². The Hall–Kier alpha value is -1.07. The summed E-state index contributed by atoms with van der Waals surface area (Å²) in [4.78, 5) is 12.1. The van der Waals surface area contributed by atoms with Gasteiger partial charge in [0.2, 0.25) is 0 Å². The van der Waals surface area contributed by atoms with Gasteiger partial charge in [-0.05, 0) is 45.0 Å². The largest absolute Gasteiger partial charge is 0.464 e. The Morgan fingerprint density at radius 3 is 2.45 bits per heavy atom. The molecule has 1 atom stereocenters. The summed E-state index contributed by atoms with van der Waals surface area (Å²) in [6, 6.07) is 7.23. The highest BCUT2D eigenvalue weighted by atomic mass is 79.9. The highest BCUT2D eigenvalue weighted by Crippen LogP contribution is 2.21. The normalized spacial score (nSPS) is 12.8. The van der Waals surface area contributed by atoms with Crippen LogP contribution in [0.5, 0.6) is 0 Å². The van der Waals surface area contributed by atoms with Gasteiger partial charge in [0.05, 0.1) is 12.2 Å². The third-order valence-corrected chi connectivity index (χ3v) is 3.53. The minimum Gasteiger partial charge on any atom is -0.464 e. The van der Waals surface area contributed by atoms with Gasteiger partial charge in [0.1, 0.15) is 6.04 Å². The van der Waals surface area contributed by atoms with Gasteiger partial charge in [-0.2, -0.15) is 0 Å². The first-order valence-corrected chi connectivity index (χ1v) is 7.41. The van der Waals surface area contributed by atoms with Crippen LogP contribution in [0.15, 0.2) is 28.7 Å². The van der Waals surface area contributed by atoms with Crippen LogP contribution in [0.4, 0.5) is 5.69 Å². The molecule has 0 bridgehead atoms. The number of nitrogens with one attached hydrogen (secondary N) is 1. The van der Waals surface area contributed by atoms with Crippen LogP contribution in [-0.2, 0) is 14.3 Å². The number of esters is 1. The fourth-order valence-electron chi connectivity index (χ4n) is 1.76. The summed E-state index contributed by atoms with van der Waals surface area (Å²) in [6.07, 6.45) is 0.526. The van der Waals surface area contributed by atoms with Gasteiger partial charge in [-0.3, -0.25) is 0 Å². The van der Waals surface area contributed by atoms with Crippen LogP contribution in [0.25, 0.3) is 0 Å². The molecule has 0 saturated heterocycles. The predicted octanol–water partition coefficient (Wildman–Crippen LogP) is 3.61. The van der Waals surface area contributed by atoms with E-state index in [9.17, 15) is 4.79 Å². The van der Waals surface area contributed by atoms with E-state index >= 15 is 0 Å². The van der Waals surface area contributed by atoms with Gasteiger partial charge in [0, 0.05) is 23.7 Å². The number of rotatable bonds is 7. The Kier molecular flexibility index (Phi) is 6.49. The molecule has 0 amide bonds. The molecule has 1 unspecified atom stereocenters. The van der Waals surface area contributed by atoms with Crippen molar-refractivity contribution >= 4 is 27.6 Å². The maximum absolute atomic E-state index is 12.1. The van der Waals surface area contributed by atoms with E-state index in [4.69, 9.17) is 9.47 Å². The SMILES string of the molecule is CCOC(=O)C(CC(C)(C)OC)Nc1ccc(Br)cc1. The van der Waals surface area contributed by atoms with Gasteiger partial charge < -0.3 is 14.8 Å². The molecule has 112 valence electrons. The van der Waals surface area contributed by atoms with Gasteiger partial charge in [-0.15, -0.1) is 0 Å². The van der Waals surface area contributed by atoms with E-state index in [0.717, 1.165) is 10.2 Å². The lowest BCUT2D eigenvalue weighted by molar-refractivity contribution is -0.145. The topological polar surface area (TPSA) is 47.6 Å². The first-order chi connectivity index (χ1) is 9.38. The number of benzene rings is 1. The van der Waals surface area contributed by atoms with Gasteiger partial charge >= 0.3 is 5.97 Å². The van der Waals surface area contributed by atoms with Crippen molar-refractivity contribution in [3.63, 3.8) is 0 Å². The zero-order valence-corrected chi connectivity index (χ0v) is 14.0. The molecule has 1 aromatic carbocycles. The fraction of sp³-hybridized carbons (Fsp3) is 0.533. The second-order valence-corrected chi connectivity index (χ2v) is 6.04. The molecule has 0 aliphatic heterocycles. The Labute approximate surface area is 129 Å². The molecule has 0 aliphatic rings. The fourth-order valence-corrected chi connectivity index (χ4v) is 2.02. The smallest absolute Gasteiger partial charge is 0.328 e. The molecule has 0 spiro atoms. The molecule has 0 heterocycles. The quantitative estimate of drug-likeness (QED) is 0.768. The second kappa shape index (κ2) is 7.64. The Morgan fingerprint density at radius 2 is 1.95 bits per heavy atom. The van der Waals surface area contributed by atoms with Crippen molar-refractivity contribution < 1.29 is 14.3 Å². The molecule has 1 rings (SSSR count). The summed E-state index contributed by atoms with van der Waals surface area (Å²) in [7, 11) is 1.64. The highest BCUT2D eigenvalue weighted by molar-refractivity contribution is 9.10.